The minimum absolute atomic E-state index is 0.0475. The summed E-state index contributed by atoms with van der Waals surface area (Å²) in [7, 11) is 5.27. The van der Waals surface area contributed by atoms with Gasteiger partial charge in [0.15, 0.2) is 0 Å². The van der Waals surface area contributed by atoms with E-state index in [4.69, 9.17) is 7.85 Å². The SMILES string of the molecule is [B]C(=C)NC(C)(C)C. The van der Waals surface area contributed by atoms with Crippen molar-refractivity contribution in [1.29, 1.82) is 0 Å². The van der Waals surface area contributed by atoms with Crippen molar-refractivity contribution in [2.24, 2.45) is 0 Å². The molecule has 0 aromatic carbocycles. The van der Waals surface area contributed by atoms with Crippen molar-refractivity contribution in [2.75, 3.05) is 0 Å². The van der Waals surface area contributed by atoms with Crippen molar-refractivity contribution in [1.82, 2.24) is 5.32 Å². The van der Waals surface area contributed by atoms with E-state index in [1.165, 1.54) is 0 Å². The molecule has 0 spiro atoms. The van der Waals surface area contributed by atoms with Gasteiger partial charge in [0.05, 0.1) is 0 Å². The van der Waals surface area contributed by atoms with Crippen LogP contribution in [0.3, 0.4) is 0 Å². The highest BCUT2D eigenvalue weighted by atomic mass is 14.9. The minimum atomic E-state index is 0.0475. The lowest BCUT2D eigenvalue weighted by molar-refractivity contribution is 0.486. The van der Waals surface area contributed by atoms with E-state index in [2.05, 4.69) is 11.9 Å². The lowest BCUT2D eigenvalue weighted by atomic mass is 10.0. The molecule has 0 aliphatic rings. The fourth-order valence-corrected chi connectivity index (χ4v) is 0.482. The molecule has 0 aromatic rings. The van der Waals surface area contributed by atoms with Crippen LogP contribution in [0.1, 0.15) is 20.8 Å². The topological polar surface area (TPSA) is 12.0 Å². The average molecular weight is 109 g/mol. The molecule has 2 heteroatoms. The van der Waals surface area contributed by atoms with E-state index in [0.29, 0.717) is 5.60 Å². The van der Waals surface area contributed by atoms with Crippen LogP contribution in [-0.2, 0) is 0 Å². The van der Waals surface area contributed by atoms with Gasteiger partial charge in [0.25, 0.3) is 0 Å². The van der Waals surface area contributed by atoms with Crippen molar-refractivity contribution >= 4 is 7.85 Å². The summed E-state index contributed by atoms with van der Waals surface area (Å²) in [4.78, 5) is 0. The van der Waals surface area contributed by atoms with E-state index in [1.807, 2.05) is 20.8 Å². The van der Waals surface area contributed by atoms with Crippen LogP contribution in [0.2, 0.25) is 0 Å². The monoisotopic (exact) mass is 109 g/mol. The van der Waals surface area contributed by atoms with Crippen LogP contribution >= 0.6 is 0 Å². The molecular weight excluding hydrogens is 96.9 g/mol. The Kier molecular flexibility index (Phi) is 2.14. The molecule has 0 aliphatic heterocycles. The van der Waals surface area contributed by atoms with Gasteiger partial charge in [-0.1, -0.05) is 6.58 Å². The van der Waals surface area contributed by atoms with Crippen LogP contribution in [0, 0.1) is 0 Å². The smallest absolute Gasteiger partial charge is 0.137 e. The Bertz CT molecular complexity index is 91.2. The van der Waals surface area contributed by atoms with Gasteiger partial charge in [-0.2, -0.15) is 0 Å². The molecule has 1 N–H and O–H groups in total. The third-order valence-electron chi connectivity index (χ3n) is 0.536. The normalized spacial score (nSPS) is 10.9. The van der Waals surface area contributed by atoms with Crippen molar-refractivity contribution in [3.8, 4) is 0 Å². The van der Waals surface area contributed by atoms with Crippen LogP contribution in [0.25, 0.3) is 0 Å². The molecule has 2 radical (unpaired) electrons. The summed E-state index contributed by atoms with van der Waals surface area (Å²) in [6, 6.07) is 0. The van der Waals surface area contributed by atoms with Crippen LogP contribution in [0.15, 0.2) is 12.2 Å². The predicted molar refractivity (Wildman–Crippen MR) is 37.8 cm³/mol. The van der Waals surface area contributed by atoms with E-state index < -0.39 is 0 Å². The second kappa shape index (κ2) is 2.25. The van der Waals surface area contributed by atoms with Crippen molar-refractivity contribution in [3.63, 3.8) is 0 Å². The van der Waals surface area contributed by atoms with E-state index in [0.717, 1.165) is 0 Å². The van der Waals surface area contributed by atoms with E-state index in [1.54, 1.807) is 0 Å². The third-order valence-corrected chi connectivity index (χ3v) is 0.536. The fourth-order valence-electron chi connectivity index (χ4n) is 0.482. The number of nitrogens with one attached hydrogen (secondary N) is 1. The standard InChI is InChI=1S/C6H12BN/c1-5(7)8-6(2,3)4/h8H,1H2,2-4H3. The highest BCUT2D eigenvalue weighted by Gasteiger charge is 2.05. The number of hydrogen-bond acceptors (Lipinski definition) is 1. The molecule has 44 valence electrons. The summed E-state index contributed by atoms with van der Waals surface area (Å²) in [6.07, 6.45) is 0. The first kappa shape index (κ1) is 7.60. The van der Waals surface area contributed by atoms with Crippen LogP contribution in [0.4, 0.5) is 0 Å². The Hall–Kier alpha value is -0.395. The molecule has 0 saturated heterocycles. The average Bonchev–Trinajstić information content (AvgIpc) is 1.21. The van der Waals surface area contributed by atoms with E-state index in [-0.39, 0.29) is 5.54 Å². The molecule has 0 aliphatic carbocycles. The summed E-state index contributed by atoms with van der Waals surface area (Å²) in [5.41, 5.74) is 0.573. The zero-order valence-corrected chi connectivity index (χ0v) is 5.78. The van der Waals surface area contributed by atoms with Crippen LogP contribution in [0.5, 0.6) is 0 Å². The maximum atomic E-state index is 5.27. The second-order valence-corrected chi connectivity index (χ2v) is 2.90. The first-order valence-corrected chi connectivity index (χ1v) is 2.64. The first-order valence-electron chi connectivity index (χ1n) is 2.64. The van der Waals surface area contributed by atoms with Gasteiger partial charge in [0, 0.05) is 5.54 Å². The molecule has 0 unspecified atom stereocenters. The second-order valence-electron chi connectivity index (χ2n) is 2.90. The minimum Gasteiger partial charge on any atom is -0.393 e. The molecule has 0 bridgehead atoms. The molecule has 0 amide bonds. The summed E-state index contributed by atoms with van der Waals surface area (Å²) in [5, 5.41) is 2.97. The first-order chi connectivity index (χ1) is 3.42. The Labute approximate surface area is 52.6 Å². The molecule has 0 rings (SSSR count). The van der Waals surface area contributed by atoms with Gasteiger partial charge in [-0.25, -0.2) is 0 Å². The zero-order chi connectivity index (χ0) is 6.78. The largest absolute Gasteiger partial charge is 0.393 e. The predicted octanol–water partition coefficient (Wildman–Crippen LogP) is 1.01. The maximum Gasteiger partial charge on any atom is 0.137 e. The molecule has 0 aromatic heterocycles. The van der Waals surface area contributed by atoms with Gasteiger partial charge in [0.2, 0.25) is 0 Å². The molecule has 0 fully saturated rings. The summed E-state index contributed by atoms with van der Waals surface area (Å²) in [6.45, 7) is 9.61. The highest BCUT2D eigenvalue weighted by Crippen LogP contribution is 1.98. The zero-order valence-electron chi connectivity index (χ0n) is 5.78. The van der Waals surface area contributed by atoms with Crippen molar-refractivity contribution in [3.05, 3.63) is 12.2 Å². The molecule has 8 heavy (non-hydrogen) atoms. The van der Waals surface area contributed by atoms with E-state index >= 15 is 0 Å². The summed E-state index contributed by atoms with van der Waals surface area (Å²) < 4.78 is 0. The van der Waals surface area contributed by atoms with Gasteiger partial charge < -0.3 is 5.32 Å². The Morgan fingerprint density at radius 1 is 1.50 bits per heavy atom. The fraction of sp³-hybridized carbons (Fsp3) is 0.667. The van der Waals surface area contributed by atoms with Gasteiger partial charge in [-0.3, -0.25) is 0 Å². The van der Waals surface area contributed by atoms with Crippen LogP contribution < -0.4 is 5.32 Å². The lowest BCUT2D eigenvalue weighted by Gasteiger charge is -2.21. The summed E-state index contributed by atoms with van der Waals surface area (Å²) in [5.74, 6) is 0. The van der Waals surface area contributed by atoms with Gasteiger partial charge >= 0.3 is 0 Å². The lowest BCUT2D eigenvalue weighted by Crippen LogP contribution is -2.34. The van der Waals surface area contributed by atoms with E-state index in [9.17, 15) is 0 Å². The Morgan fingerprint density at radius 2 is 1.88 bits per heavy atom. The maximum absolute atomic E-state index is 5.27. The Balaban J connectivity index is 3.55. The van der Waals surface area contributed by atoms with Crippen LogP contribution in [-0.4, -0.2) is 13.4 Å². The Morgan fingerprint density at radius 3 is 1.88 bits per heavy atom. The number of hydrogen-bond donors (Lipinski definition) is 1. The van der Waals surface area contributed by atoms with Crippen molar-refractivity contribution < 1.29 is 0 Å². The quantitative estimate of drug-likeness (QED) is 0.495. The molecule has 0 heterocycles. The molecule has 1 nitrogen and oxygen atoms in total. The van der Waals surface area contributed by atoms with Gasteiger partial charge in [-0.05, 0) is 26.4 Å². The molecule has 0 atom stereocenters. The third kappa shape index (κ3) is 5.60. The molecule has 0 saturated carbocycles. The highest BCUT2D eigenvalue weighted by molar-refractivity contribution is 6.20. The summed E-state index contributed by atoms with van der Waals surface area (Å²) >= 11 is 0. The number of rotatable bonds is 1. The van der Waals surface area contributed by atoms with Gasteiger partial charge in [-0.15, -0.1) is 0 Å². The van der Waals surface area contributed by atoms with Crippen molar-refractivity contribution in [2.45, 2.75) is 26.3 Å². The molecular formula is C6H12BN. The van der Waals surface area contributed by atoms with Gasteiger partial charge in [0.1, 0.15) is 7.85 Å².